The van der Waals surface area contributed by atoms with Gasteiger partial charge in [0.1, 0.15) is 0 Å². The third kappa shape index (κ3) is 3.88. The summed E-state index contributed by atoms with van der Waals surface area (Å²) in [6.07, 6.45) is 2.50. The Balaban J connectivity index is 2.09. The minimum atomic E-state index is -0.182. The molecule has 128 valence electrons. The molecule has 1 aliphatic carbocycles. The summed E-state index contributed by atoms with van der Waals surface area (Å²) in [7, 11) is 6.68. The number of likely N-dealkylation sites (N-methyl/N-ethyl adjacent to an activating group) is 1. The minimum absolute atomic E-state index is 0.182. The van der Waals surface area contributed by atoms with Gasteiger partial charge in [-0.25, -0.2) is 0 Å². The van der Waals surface area contributed by atoms with Gasteiger partial charge in [-0.2, -0.15) is 0 Å². The van der Waals surface area contributed by atoms with Crippen molar-refractivity contribution < 1.29 is 19.0 Å². The quantitative estimate of drug-likeness (QED) is 0.792. The maximum atomic E-state index is 12.5. The first-order valence-electron chi connectivity index (χ1n) is 7.82. The average molecular weight is 322 g/mol. The van der Waals surface area contributed by atoms with Gasteiger partial charge in [-0.05, 0) is 38.9 Å². The molecule has 1 atom stereocenters. The van der Waals surface area contributed by atoms with Gasteiger partial charge < -0.3 is 19.5 Å². The van der Waals surface area contributed by atoms with Crippen molar-refractivity contribution in [1.29, 1.82) is 0 Å². The zero-order chi connectivity index (χ0) is 17.0. The molecule has 0 spiro atoms. The molecule has 1 fully saturated rings. The molecule has 1 aromatic carbocycles. The lowest BCUT2D eigenvalue weighted by molar-refractivity contribution is 0.0935. The van der Waals surface area contributed by atoms with Gasteiger partial charge in [-0.3, -0.25) is 9.69 Å². The van der Waals surface area contributed by atoms with E-state index in [1.807, 2.05) is 0 Å². The van der Waals surface area contributed by atoms with Crippen molar-refractivity contribution in [3.8, 4) is 17.2 Å². The monoisotopic (exact) mass is 322 g/mol. The van der Waals surface area contributed by atoms with Crippen LogP contribution in [0.1, 0.15) is 30.1 Å². The van der Waals surface area contributed by atoms with E-state index in [9.17, 15) is 4.79 Å². The van der Waals surface area contributed by atoms with Crippen LogP contribution in [-0.4, -0.2) is 57.8 Å². The summed E-state index contributed by atoms with van der Waals surface area (Å²) in [5, 5.41) is 2.97. The van der Waals surface area contributed by atoms with E-state index in [0.717, 1.165) is 0 Å². The summed E-state index contributed by atoms with van der Waals surface area (Å²) in [6, 6.07) is 4.34. The zero-order valence-corrected chi connectivity index (χ0v) is 14.5. The standard InChI is InChI=1S/C17H26N2O4/c1-11(19(2)12-6-7-12)10-18-17(20)13-8-9-14(21-3)16(23-5)15(13)22-4/h8-9,11-12H,6-7,10H2,1-5H3,(H,18,20). The van der Waals surface area contributed by atoms with Crippen molar-refractivity contribution in [3.05, 3.63) is 17.7 Å². The Kier molecular flexibility index (Phi) is 5.71. The summed E-state index contributed by atoms with van der Waals surface area (Å²) >= 11 is 0. The van der Waals surface area contributed by atoms with Crippen molar-refractivity contribution in [2.75, 3.05) is 34.9 Å². The molecular formula is C17H26N2O4. The molecule has 1 aromatic rings. The maximum absolute atomic E-state index is 12.5. The van der Waals surface area contributed by atoms with Crippen LogP contribution >= 0.6 is 0 Å². The van der Waals surface area contributed by atoms with Crippen LogP contribution in [0.4, 0.5) is 0 Å². The second-order valence-corrected chi connectivity index (χ2v) is 5.84. The number of amides is 1. The lowest BCUT2D eigenvalue weighted by atomic mass is 10.1. The van der Waals surface area contributed by atoms with Crippen LogP contribution in [-0.2, 0) is 0 Å². The van der Waals surface area contributed by atoms with Gasteiger partial charge in [-0.15, -0.1) is 0 Å². The van der Waals surface area contributed by atoms with Crippen molar-refractivity contribution in [3.63, 3.8) is 0 Å². The summed E-state index contributed by atoms with van der Waals surface area (Å²) in [6.45, 7) is 2.70. The van der Waals surface area contributed by atoms with E-state index in [1.54, 1.807) is 19.2 Å². The molecule has 1 amide bonds. The fourth-order valence-electron chi connectivity index (χ4n) is 2.60. The summed E-state index contributed by atoms with van der Waals surface area (Å²) < 4.78 is 15.9. The Morgan fingerprint density at radius 2 is 1.87 bits per heavy atom. The molecule has 1 N–H and O–H groups in total. The second-order valence-electron chi connectivity index (χ2n) is 5.84. The summed E-state index contributed by atoms with van der Waals surface area (Å²) in [4.78, 5) is 14.8. The molecule has 1 aliphatic rings. The van der Waals surface area contributed by atoms with Crippen LogP contribution in [0.5, 0.6) is 17.2 Å². The van der Waals surface area contributed by atoms with Gasteiger partial charge >= 0.3 is 0 Å². The maximum Gasteiger partial charge on any atom is 0.255 e. The van der Waals surface area contributed by atoms with E-state index >= 15 is 0 Å². The van der Waals surface area contributed by atoms with Gasteiger partial charge in [0.2, 0.25) is 5.75 Å². The van der Waals surface area contributed by atoms with E-state index in [4.69, 9.17) is 14.2 Å². The molecule has 23 heavy (non-hydrogen) atoms. The van der Waals surface area contributed by atoms with Gasteiger partial charge in [0.15, 0.2) is 11.5 Å². The molecule has 0 radical (unpaired) electrons. The SMILES string of the molecule is COc1ccc(C(=O)NCC(C)N(C)C2CC2)c(OC)c1OC. The number of carbonyl (C=O) groups excluding carboxylic acids is 1. The summed E-state index contributed by atoms with van der Waals surface area (Å²) in [5.41, 5.74) is 0.437. The van der Waals surface area contributed by atoms with Crippen molar-refractivity contribution >= 4 is 5.91 Å². The van der Waals surface area contributed by atoms with Crippen LogP contribution in [0.25, 0.3) is 0 Å². The second kappa shape index (κ2) is 7.55. The van der Waals surface area contributed by atoms with E-state index in [-0.39, 0.29) is 11.9 Å². The highest BCUT2D eigenvalue weighted by atomic mass is 16.5. The Bertz CT molecular complexity index is 558. The molecule has 2 rings (SSSR count). The predicted molar refractivity (Wildman–Crippen MR) is 88.7 cm³/mol. The highest BCUT2D eigenvalue weighted by Crippen LogP contribution is 2.39. The molecule has 0 aliphatic heterocycles. The van der Waals surface area contributed by atoms with E-state index in [2.05, 4.69) is 24.2 Å². The number of nitrogens with one attached hydrogen (secondary N) is 1. The van der Waals surface area contributed by atoms with Crippen LogP contribution < -0.4 is 19.5 Å². The van der Waals surface area contributed by atoms with Crippen LogP contribution in [0.15, 0.2) is 12.1 Å². The molecule has 0 heterocycles. The molecule has 1 unspecified atom stereocenters. The molecule has 6 nitrogen and oxygen atoms in total. The molecule has 0 saturated heterocycles. The third-order valence-electron chi connectivity index (χ3n) is 4.32. The average Bonchev–Trinajstić information content (AvgIpc) is 3.41. The van der Waals surface area contributed by atoms with Crippen LogP contribution in [0.3, 0.4) is 0 Å². The van der Waals surface area contributed by atoms with Crippen molar-refractivity contribution in [2.24, 2.45) is 0 Å². The summed E-state index contributed by atoms with van der Waals surface area (Å²) in [5.74, 6) is 1.15. The van der Waals surface area contributed by atoms with Gasteiger partial charge in [0, 0.05) is 18.6 Å². The molecule has 0 bridgehead atoms. The number of ether oxygens (including phenoxy) is 3. The van der Waals surface area contributed by atoms with Gasteiger partial charge in [0.05, 0.1) is 26.9 Å². The lowest BCUT2D eigenvalue weighted by Gasteiger charge is -2.24. The Morgan fingerprint density at radius 3 is 2.39 bits per heavy atom. The molecular weight excluding hydrogens is 296 g/mol. The molecule has 6 heteroatoms. The highest BCUT2D eigenvalue weighted by Gasteiger charge is 2.29. The smallest absolute Gasteiger partial charge is 0.255 e. The van der Waals surface area contributed by atoms with Gasteiger partial charge in [0.25, 0.3) is 5.91 Å². The molecule has 1 saturated carbocycles. The Hall–Kier alpha value is -1.95. The highest BCUT2D eigenvalue weighted by molar-refractivity contribution is 5.98. The van der Waals surface area contributed by atoms with Crippen molar-refractivity contribution in [2.45, 2.75) is 31.8 Å². The molecule has 0 aromatic heterocycles. The number of carbonyl (C=O) groups is 1. The van der Waals surface area contributed by atoms with E-state index in [1.165, 1.54) is 27.1 Å². The first-order valence-corrected chi connectivity index (χ1v) is 7.82. The fraction of sp³-hybridized carbons (Fsp3) is 0.588. The van der Waals surface area contributed by atoms with Gasteiger partial charge in [-0.1, -0.05) is 0 Å². The van der Waals surface area contributed by atoms with Crippen LogP contribution in [0, 0.1) is 0 Å². The number of hydrogen-bond acceptors (Lipinski definition) is 5. The first-order chi connectivity index (χ1) is 11.0. The number of rotatable bonds is 8. The van der Waals surface area contributed by atoms with Crippen molar-refractivity contribution in [1.82, 2.24) is 10.2 Å². The fourth-order valence-corrected chi connectivity index (χ4v) is 2.60. The predicted octanol–water partition coefficient (Wildman–Crippen LogP) is 1.92. The number of methoxy groups -OCH3 is 3. The number of benzene rings is 1. The normalized spacial score (nSPS) is 15.2. The van der Waals surface area contributed by atoms with E-state index < -0.39 is 0 Å². The topological polar surface area (TPSA) is 60.0 Å². The lowest BCUT2D eigenvalue weighted by Crippen LogP contribution is -2.41. The first kappa shape index (κ1) is 17.4. The Morgan fingerprint density at radius 1 is 1.22 bits per heavy atom. The van der Waals surface area contributed by atoms with E-state index in [0.29, 0.717) is 35.4 Å². The third-order valence-corrected chi connectivity index (χ3v) is 4.32. The minimum Gasteiger partial charge on any atom is -0.493 e. The zero-order valence-electron chi connectivity index (χ0n) is 14.5. The number of nitrogens with zero attached hydrogens (tertiary/aromatic N) is 1. The van der Waals surface area contributed by atoms with Crippen LogP contribution in [0.2, 0.25) is 0 Å². The Labute approximate surface area is 137 Å². The largest absolute Gasteiger partial charge is 0.493 e. The number of hydrogen-bond donors (Lipinski definition) is 1.